The normalized spacial score (nSPS) is 14.8. The van der Waals surface area contributed by atoms with E-state index in [9.17, 15) is 9.59 Å². The molecule has 5 heteroatoms. The highest BCUT2D eigenvalue weighted by Crippen LogP contribution is 2.24. The molecule has 0 saturated carbocycles. The lowest BCUT2D eigenvalue weighted by atomic mass is 10.1. The van der Waals surface area contributed by atoms with Gasteiger partial charge in [-0.15, -0.1) is 0 Å². The van der Waals surface area contributed by atoms with E-state index in [1.165, 1.54) is 26.7 Å². The zero-order valence-electron chi connectivity index (χ0n) is 11.8. The van der Waals surface area contributed by atoms with E-state index in [1.54, 1.807) is 12.1 Å². The van der Waals surface area contributed by atoms with Crippen LogP contribution in [0.2, 0.25) is 0 Å². The molecule has 0 radical (unpaired) electrons. The molecule has 0 N–H and O–H groups in total. The van der Waals surface area contributed by atoms with Crippen LogP contribution in [0.1, 0.15) is 40.0 Å². The highest BCUT2D eigenvalue weighted by atomic mass is 16.5. The van der Waals surface area contributed by atoms with Crippen molar-refractivity contribution in [3.63, 3.8) is 0 Å². The van der Waals surface area contributed by atoms with Crippen LogP contribution in [-0.2, 0) is 9.47 Å². The van der Waals surface area contributed by atoms with Crippen LogP contribution in [0.25, 0.3) is 0 Å². The lowest BCUT2D eigenvalue weighted by Crippen LogP contribution is -2.29. The molecule has 2 rings (SSSR count). The molecule has 1 aliphatic rings. The summed E-state index contributed by atoms with van der Waals surface area (Å²) in [5.41, 5.74) is 1.61. The first-order valence-corrected chi connectivity index (χ1v) is 6.72. The van der Waals surface area contributed by atoms with Crippen molar-refractivity contribution in [2.45, 2.75) is 19.3 Å². The average molecular weight is 277 g/mol. The third-order valence-electron chi connectivity index (χ3n) is 3.48. The van der Waals surface area contributed by atoms with Crippen LogP contribution in [0.3, 0.4) is 0 Å². The number of ether oxygens (including phenoxy) is 2. The van der Waals surface area contributed by atoms with Crippen molar-refractivity contribution >= 4 is 17.6 Å². The molecule has 0 unspecified atom stereocenters. The molecule has 1 heterocycles. The monoisotopic (exact) mass is 277 g/mol. The predicted molar refractivity (Wildman–Crippen MR) is 75.2 cm³/mol. The Kier molecular flexibility index (Phi) is 4.61. The zero-order chi connectivity index (χ0) is 14.5. The van der Waals surface area contributed by atoms with Crippen molar-refractivity contribution in [3.05, 3.63) is 29.3 Å². The number of hydrogen-bond acceptors (Lipinski definition) is 5. The summed E-state index contributed by atoms with van der Waals surface area (Å²) < 4.78 is 9.47. The van der Waals surface area contributed by atoms with Crippen molar-refractivity contribution in [3.8, 4) is 0 Å². The van der Waals surface area contributed by atoms with Gasteiger partial charge in [0.1, 0.15) is 0 Å². The van der Waals surface area contributed by atoms with E-state index in [0.717, 1.165) is 31.6 Å². The second-order valence-electron chi connectivity index (χ2n) is 4.80. The SMILES string of the molecule is COC(=O)c1cc(C(=O)OC)cc(N2CCCCC2)c1. The fourth-order valence-electron chi connectivity index (χ4n) is 2.42. The molecule has 1 aliphatic heterocycles. The highest BCUT2D eigenvalue weighted by Gasteiger charge is 2.18. The van der Waals surface area contributed by atoms with Gasteiger partial charge in [0.2, 0.25) is 0 Å². The molecule has 1 saturated heterocycles. The summed E-state index contributed by atoms with van der Waals surface area (Å²) in [4.78, 5) is 25.6. The Morgan fingerprint density at radius 2 is 1.40 bits per heavy atom. The molecule has 1 fully saturated rings. The van der Waals surface area contributed by atoms with Crippen LogP contribution in [0, 0.1) is 0 Å². The van der Waals surface area contributed by atoms with E-state index in [0.29, 0.717) is 11.1 Å². The van der Waals surface area contributed by atoms with Crippen LogP contribution in [0.15, 0.2) is 18.2 Å². The third-order valence-corrected chi connectivity index (χ3v) is 3.48. The number of benzene rings is 1. The topological polar surface area (TPSA) is 55.8 Å². The molecule has 0 aromatic heterocycles. The van der Waals surface area contributed by atoms with Gasteiger partial charge < -0.3 is 14.4 Å². The minimum atomic E-state index is -0.450. The van der Waals surface area contributed by atoms with Gasteiger partial charge in [-0.3, -0.25) is 0 Å². The van der Waals surface area contributed by atoms with Gasteiger partial charge in [-0.05, 0) is 37.5 Å². The summed E-state index contributed by atoms with van der Waals surface area (Å²) >= 11 is 0. The van der Waals surface area contributed by atoms with Gasteiger partial charge in [0.15, 0.2) is 0 Å². The molecule has 20 heavy (non-hydrogen) atoms. The molecule has 108 valence electrons. The maximum atomic E-state index is 11.7. The number of hydrogen-bond donors (Lipinski definition) is 0. The Labute approximate surface area is 118 Å². The molecule has 0 atom stereocenters. The van der Waals surface area contributed by atoms with Gasteiger partial charge in [-0.2, -0.15) is 0 Å². The lowest BCUT2D eigenvalue weighted by Gasteiger charge is -2.29. The summed E-state index contributed by atoms with van der Waals surface area (Å²) in [6.07, 6.45) is 3.46. The predicted octanol–water partition coefficient (Wildman–Crippen LogP) is 2.25. The first kappa shape index (κ1) is 14.4. The lowest BCUT2D eigenvalue weighted by molar-refractivity contribution is 0.0599. The van der Waals surface area contributed by atoms with Crippen molar-refractivity contribution < 1.29 is 19.1 Å². The zero-order valence-corrected chi connectivity index (χ0v) is 11.8. The number of carbonyl (C=O) groups is 2. The van der Waals surface area contributed by atoms with E-state index in [4.69, 9.17) is 9.47 Å². The number of esters is 2. The summed E-state index contributed by atoms with van der Waals surface area (Å²) in [5, 5.41) is 0. The van der Waals surface area contributed by atoms with Gasteiger partial charge in [0.25, 0.3) is 0 Å². The fraction of sp³-hybridized carbons (Fsp3) is 0.467. The third kappa shape index (κ3) is 3.10. The van der Waals surface area contributed by atoms with E-state index >= 15 is 0 Å². The van der Waals surface area contributed by atoms with Gasteiger partial charge in [-0.25, -0.2) is 9.59 Å². The Balaban J connectivity index is 2.38. The Hall–Kier alpha value is -2.04. The molecule has 5 nitrogen and oxygen atoms in total. The molecule has 1 aromatic carbocycles. The summed E-state index contributed by atoms with van der Waals surface area (Å²) in [7, 11) is 2.65. The number of methoxy groups -OCH3 is 2. The second-order valence-corrected chi connectivity index (χ2v) is 4.80. The van der Waals surface area contributed by atoms with E-state index in [1.807, 2.05) is 0 Å². The molecule has 0 aliphatic carbocycles. The number of piperidine rings is 1. The van der Waals surface area contributed by atoms with Crippen LogP contribution >= 0.6 is 0 Å². The van der Waals surface area contributed by atoms with Gasteiger partial charge >= 0.3 is 11.9 Å². The maximum Gasteiger partial charge on any atom is 0.337 e. The number of carbonyl (C=O) groups excluding carboxylic acids is 2. The first-order chi connectivity index (χ1) is 9.65. The Morgan fingerprint density at radius 1 is 0.900 bits per heavy atom. The summed E-state index contributed by atoms with van der Waals surface area (Å²) in [6.45, 7) is 1.87. The average Bonchev–Trinajstić information content (AvgIpc) is 2.53. The van der Waals surface area contributed by atoms with Crippen LogP contribution < -0.4 is 4.90 Å². The standard InChI is InChI=1S/C15H19NO4/c1-19-14(17)11-8-12(15(18)20-2)10-13(9-11)16-6-4-3-5-7-16/h8-10H,3-7H2,1-2H3. The Bertz CT molecular complexity index is 472. The molecule has 0 spiro atoms. The molecule has 0 amide bonds. The van der Waals surface area contributed by atoms with Gasteiger partial charge in [0.05, 0.1) is 25.3 Å². The summed E-state index contributed by atoms with van der Waals surface area (Å²) in [5.74, 6) is -0.900. The van der Waals surface area contributed by atoms with Crippen molar-refractivity contribution in [1.82, 2.24) is 0 Å². The van der Waals surface area contributed by atoms with Crippen LogP contribution in [0.4, 0.5) is 5.69 Å². The minimum Gasteiger partial charge on any atom is -0.465 e. The second kappa shape index (κ2) is 6.41. The number of nitrogens with zero attached hydrogens (tertiary/aromatic N) is 1. The maximum absolute atomic E-state index is 11.7. The van der Waals surface area contributed by atoms with Crippen molar-refractivity contribution in [2.24, 2.45) is 0 Å². The molecule has 1 aromatic rings. The fourth-order valence-corrected chi connectivity index (χ4v) is 2.42. The van der Waals surface area contributed by atoms with Gasteiger partial charge in [-0.1, -0.05) is 0 Å². The Morgan fingerprint density at radius 3 is 1.85 bits per heavy atom. The quantitative estimate of drug-likeness (QED) is 0.793. The molecular weight excluding hydrogens is 258 g/mol. The van der Waals surface area contributed by atoms with Crippen LogP contribution in [-0.4, -0.2) is 39.2 Å². The van der Waals surface area contributed by atoms with Crippen LogP contribution in [0.5, 0.6) is 0 Å². The summed E-state index contributed by atoms with van der Waals surface area (Å²) in [6, 6.07) is 5.04. The first-order valence-electron chi connectivity index (χ1n) is 6.72. The molecular formula is C15H19NO4. The number of rotatable bonds is 3. The largest absolute Gasteiger partial charge is 0.465 e. The van der Waals surface area contributed by atoms with Crippen molar-refractivity contribution in [2.75, 3.05) is 32.2 Å². The van der Waals surface area contributed by atoms with Crippen molar-refractivity contribution in [1.29, 1.82) is 0 Å². The minimum absolute atomic E-state index is 0.371. The smallest absolute Gasteiger partial charge is 0.337 e. The van der Waals surface area contributed by atoms with Gasteiger partial charge in [0, 0.05) is 18.8 Å². The van der Waals surface area contributed by atoms with E-state index < -0.39 is 11.9 Å². The van der Waals surface area contributed by atoms with E-state index in [-0.39, 0.29) is 0 Å². The van der Waals surface area contributed by atoms with E-state index in [2.05, 4.69) is 4.90 Å². The highest BCUT2D eigenvalue weighted by molar-refractivity contribution is 5.97. The number of anilines is 1. The molecule has 0 bridgehead atoms.